The van der Waals surface area contributed by atoms with E-state index in [0.29, 0.717) is 30.3 Å². The predicted octanol–water partition coefficient (Wildman–Crippen LogP) is 3.33. The van der Waals surface area contributed by atoms with E-state index >= 15 is 0 Å². The number of halogens is 2. The summed E-state index contributed by atoms with van der Waals surface area (Å²) >= 11 is 0. The van der Waals surface area contributed by atoms with Crippen molar-refractivity contribution in [3.63, 3.8) is 0 Å². The lowest BCUT2D eigenvalue weighted by molar-refractivity contribution is 0.102. The SMILES string of the molecule is O=C(Nc1cccc(F)c1)c1cnc(N2CCN(c3ccc(F)cc3)CC2)nc1. The first-order chi connectivity index (χ1) is 14.1. The van der Waals surface area contributed by atoms with Crippen molar-refractivity contribution in [2.75, 3.05) is 41.3 Å². The molecule has 1 aliphatic heterocycles. The van der Waals surface area contributed by atoms with Gasteiger partial charge >= 0.3 is 0 Å². The number of nitrogens with zero attached hydrogens (tertiary/aromatic N) is 4. The Morgan fingerprint density at radius 1 is 0.862 bits per heavy atom. The van der Waals surface area contributed by atoms with Crippen LogP contribution in [0, 0.1) is 11.6 Å². The number of carbonyl (C=O) groups is 1. The number of benzene rings is 2. The second kappa shape index (κ2) is 8.22. The summed E-state index contributed by atoms with van der Waals surface area (Å²) in [4.78, 5) is 25.1. The zero-order valence-corrected chi connectivity index (χ0v) is 15.6. The molecule has 0 unspecified atom stereocenters. The number of amides is 1. The van der Waals surface area contributed by atoms with E-state index in [4.69, 9.17) is 0 Å². The van der Waals surface area contributed by atoms with Crippen LogP contribution in [0.2, 0.25) is 0 Å². The molecule has 0 spiro atoms. The smallest absolute Gasteiger partial charge is 0.258 e. The molecule has 1 aromatic heterocycles. The number of nitrogens with one attached hydrogen (secondary N) is 1. The van der Waals surface area contributed by atoms with Gasteiger partial charge in [-0.2, -0.15) is 0 Å². The molecule has 8 heteroatoms. The lowest BCUT2D eigenvalue weighted by Crippen LogP contribution is -2.47. The largest absolute Gasteiger partial charge is 0.368 e. The van der Waals surface area contributed by atoms with Crippen LogP contribution in [0.15, 0.2) is 60.9 Å². The minimum absolute atomic E-state index is 0.248. The highest BCUT2D eigenvalue weighted by molar-refractivity contribution is 6.03. The molecule has 1 amide bonds. The molecular formula is C21H19F2N5O. The van der Waals surface area contributed by atoms with Crippen molar-refractivity contribution in [2.45, 2.75) is 0 Å². The Kier molecular flexibility index (Phi) is 5.33. The van der Waals surface area contributed by atoms with Gasteiger partial charge in [-0.25, -0.2) is 18.7 Å². The predicted molar refractivity (Wildman–Crippen MR) is 107 cm³/mol. The molecular weight excluding hydrogens is 376 g/mol. The molecule has 0 radical (unpaired) electrons. The minimum Gasteiger partial charge on any atom is -0.368 e. The first kappa shape index (κ1) is 18.8. The number of carbonyl (C=O) groups excluding carboxylic acids is 1. The van der Waals surface area contributed by atoms with Gasteiger partial charge in [0.2, 0.25) is 5.95 Å². The average molecular weight is 395 g/mol. The number of anilines is 3. The molecule has 1 saturated heterocycles. The third-order valence-corrected chi connectivity index (χ3v) is 4.74. The Morgan fingerprint density at radius 3 is 2.17 bits per heavy atom. The van der Waals surface area contributed by atoms with Crippen LogP contribution in [0.4, 0.5) is 26.1 Å². The van der Waals surface area contributed by atoms with Gasteiger partial charge in [0.15, 0.2) is 0 Å². The monoisotopic (exact) mass is 395 g/mol. The topological polar surface area (TPSA) is 61.4 Å². The summed E-state index contributed by atoms with van der Waals surface area (Å²) in [5, 5.41) is 2.62. The first-order valence-electron chi connectivity index (χ1n) is 9.23. The summed E-state index contributed by atoms with van der Waals surface area (Å²) in [7, 11) is 0. The van der Waals surface area contributed by atoms with E-state index in [9.17, 15) is 13.6 Å². The quantitative estimate of drug-likeness (QED) is 0.734. The molecule has 3 aromatic rings. The van der Waals surface area contributed by atoms with Gasteiger partial charge in [-0.15, -0.1) is 0 Å². The molecule has 6 nitrogen and oxygen atoms in total. The zero-order chi connectivity index (χ0) is 20.2. The van der Waals surface area contributed by atoms with Gasteiger partial charge in [0.05, 0.1) is 5.56 Å². The maximum absolute atomic E-state index is 13.2. The average Bonchev–Trinajstić information content (AvgIpc) is 2.75. The van der Waals surface area contributed by atoms with E-state index in [1.54, 1.807) is 18.2 Å². The fraction of sp³-hybridized carbons (Fsp3) is 0.190. The van der Waals surface area contributed by atoms with E-state index in [0.717, 1.165) is 18.8 Å². The highest BCUT2D eigenvalue weighted by atomic mass is 19.1. The lowest BCUT2D eigenvalue weighted by atomic mass is 10.2. The molecule has 0 bridgehead atoms. The zero-order valence-electron chi connectivity index (χ0n) is 15.6. The molecule has 4 rings (SSSR count). The van der Waals surface area contributed by atoms with Crippen LogP contribution in [-0.4, -0.2) is 42.1 Å². The standard InChI is InChI=1S/C21H19F2N5O/c22-16-4-6-19(7-5-16)27-8-10-28(11-9-27)21-24-13-15(14-25-21)20(29)26-18-3-1-2-17(23)12-18/h1-7,12-14H,8-11H2,(H,26,29). The van der Waals surface area contributed by atoms with Crippen molar-refractivity contribution in [2.24, 2.45) is 0 Å². The van der Waals surface area contributed by atoms with Gasteiger partial charge in [0.25, 0.3) is 5.91 Å². The van der Waals surface area contributed by atoms with Crippen LogP contribution in [0.25, 0.3) is 0 Å². The summed E-state index contributed by atoms with van der Waals surface area (Å²) < 4.78 is 26.3. The highest BCUT2D eigenvalue weighted by Crippen LogP contribution is 2.19. The molecule has 1 fully saturated rings. The third-order valence-electron chi connectivity index (χ3n) is 4.74. The van der Waals surface area contributed by atoms with Crippen LogP contribution in [-0.2, 0) is 0 Å². The van der Waals surface area contributed by atoms with Gasteiger partial charge in [-0.05, 0) is 42.5 Å². The Morgan fingerprint density at radius 2 is 1.52 bits per heavy atom. The molecule has 148 valence electrons. The lowest BCUT2D eigenvalue weighted by Gasteiger charge is -2.36. The molecule has 1 aliphatic rings. The van der Waals surface area contributed by atoms with Gasteiger partial charge in [-0.3, -0.25) is 4.79 Å². The van der Waals surface area contributed by atoms with Crippen LogP contribution in [0.5, 0.6) is 0 Å². The second-order valence-electron chi connectivity index (χ2n) is 6.69. The number of hydrogen-bond acceptors (Lipinski definition) is 5. The Hall–Kier alpha value is -3.55. The summed E-state index contributed by atoms with van der Waals surface area (Å²) in [5.74, 6) is -0.522. The van der Waals surface area contributed by atoms with Gasteiger partial charge in [-0.1, -0.05) is 6.07 Å². The molecule has 2 heterocycles. The fourth-order valence-corrected chi connectivity index (χ4v) is 3.19. The van der Waals surface area contributed by atoms with Crippen molar-refractivity contribution in [1.82, 2.24) is 9.97 Å². The van der Waals surface area contributed by atoms with Crippen molar-refractivity contribution in [3.05, 3.63) is 78.1 Å². The normalized spacial score (nSPS) is 14.0. The van der Waals surface area contributed by atoms with Crippen molar-refractivity contribution in [3.8, 4) is 0 Å². The minimum atomic E-state index is -0.422. The van der Waals surface area contributed by atoms with Gasteiger partial charge in [0, 0.05) is 49.9 Å². The molecule has 0 atom stereocenters. The fourth-order valence-electron chi connectivity index (χ4n) is 3.19. The number of rotatable bonds is 4. The van der Waals surface area contributed by atoms with E-state index in [-0.39, 0.29) is 5.82 Å². The number of hydrogen-bond donors (Lipinski definition) is 1. The Balaban J connectivity index is 1.36. The maximum Gasteiger partial charge on any atom is 0.258 e. The molecule has 0 saturated carbocycles. The number of piperazine rings is 1. The summed E-state index contributed by atoms with van der Waals surface area (Å²) in [6, 6.07) is 12.1. The molecule has 1 N–H and O–H groups in total. The first-order valence-corrected chi connectivity index (χ1v) is 9.23. The maximum atomic E-state index is 13.2. The summed E-state index contributed by atoms with van der Waals surface area (Å²) in [5.41, 5.74) is 1.65. The molecule has 2 aromatic carbocycles. The van der Waals surface area contributed by atoms with E-state index < -0.39 is 11.7 Å². The van der Waals surface area contributed by atoms with Crippen LogP contribution >= 0.6 is 0 Å². The van der Waals surface area contributed by atoms with Crippen molar-refractivity contribution >= 4 is 23.2 Å². The van der Waals surface area contributed by atoms with E-state index in [1.165, 1.54) is 42.7 Å². The van der Waals surface area contributed by atoms with E-state index in [1.807, 2.05) is 4.90 Å². The number of aromatic nitrogens is 2. The third kappa shape index (κ3) is 4.48. The van der Waals surface area contributed by atoms with Crippen molar-refractivity contribution in [1.29, 1.82) is 0 Å². The summed E-state index contributed by atoms with van der Waals surface area (Å²) in [6.45, 7) is 2.95. The molecule has 29 heavy (non-hydrogen) atoms. The van der Waals surface area contributed by atoms with Crippen molar-refractivity contribution < 1.29 is 13.6 Å². The Bertz CT molecular complexity index is 987. The van der Waals surface area contributed by atoms with E-state index in [2.05, 4.69) is 20.2 Å². The van der Waals surface area contributed by atoms with Crippen LogP contribution in [0.1, 0.15) is 10.4 Å². The summed E-state index contributed by atoms with van der Waals surface area (Å²) in [6.07, 6.45) is 2.92. The highest BCUT2D eigenvalue weighted by Gasteiger charge is 2.19. The van der Waals surface area contributed by atoms with Crippen LogP contribution in [0.3, 0.4) is 0 Å². The molecule has 0 aliphatic carbocycles. The van der Waals surface area contributed by atoms with Gasteiger partial charge in [0.1, 0.15) is 11.6 Å². The van der Waals surface area contributed by atoms with Gasteiger partial charge < -0.3 is 15.1 Å². The van der Waals surface area contributed by atoms with Crippen LogP contribution < -0.4 is 15.1 Å². The second-order valence-corrected chi connectivity index (χ2v) is 6.69. The Labute approximate surface area is 166 Å².